The topological polar surface area (TPSA) is 83.7 Å². The lowest BCUT2D eigenvalue weighted by molar-refractivity contribution is -0.135. The van der Waals surface area contributed by atoms with Crippen molar-refractivity contribution in [3.63, 3.8) is 0 Å². The summed E-state index contributed by atoms with van der Waals surface area (Å²) < 4.78 is 26.5. The van der Waals surface area contributed by atoms with Gasteiger partial charge in [0, 0.05) is 43.7 Å². The predicted octanol–water partition coefficient (Wildman–Crippen LogP) is 1.19. The van der Waals surface area contributed by atoms with Crippen molar-refractivity contribution in [3.8, 4) is 0 Å². The summed E-state index contributed by atoms with van der Waals surface area (Å²) in [5.41, 5.74) is 5.50. The molecule has 0 spiro atoms. The van der Waals surface area contributed by atoms with Crippen LogP contribution in [0.3, 0.4) is 0 Å². The van der Waals surface area contributed by atoms with Gasteiger partial charge in [0.1, 0.15) is 0 Å². The van der Waals surface area contributed by atoms with Gasteiger partial charge in [0.05, 0.1) is 4.90 Å². The summed E-state index contributed by atoms with van der Waals surface area (Å²) in [4.78, 5) is 13.9. The SMILES string of the molecule is CC(CN)C(=O)N1CCN(S(=O)(=O)c2cccc(Cl)c2)CC1.Cl. The largest absolute Gasteiger partial charge is 0.340 e. The summed E-state index contributed by atoms with van der Waals surface area (Å²) >= 11 is 5.86. The first-order chi connectivity index (χ1) is 10.4. The van der Waals surface area contributed by atoms with Crippen molar-refractivity contribution in [1.29, 1.82) is 0 Å². The highest BCUT2D eigenvalue weighted by molar-refractivity contribution is 7.89. The average molecular weight is 382 g/mol. The van der Waals surface area contributed by atoms with E-state index in [1.165, 1.54) is 16.4 Å². The predicted molar refractivity (Wildman–Crippen MR) is 92.3 cm³/mol. The van der Waals surface area contributed by atoms with Crippen molar-refractivity contribution in [2.24, 2.45) is 11.7 Å². The van der Waals surface area contributed by atoms with Gasteiger partial charge >= 0.3 is 0 Å². The maximum Gasteiger partial charge on any atom is 0.243 e. The Bertz CT molecular complexity index is 646. The molecule has 1 heterocycles. The third kappa shape index (κ3) is 4.58. The number of hydrogen-bond acceptors (Lipinski definition) is 4. The van der Waals surface area contributed by atoms with Gasteiger partial charge in [-0.3, -0.25) is 4.79 Å². The molecular formula is C14H21Cl2N3O3S. The zero-order valence-corrected chi connectivity index (χ0v) is 15.2. The molecule has 1 aromatic carbocycles. The number of piperazine rings is 1. The van der Waals surface area contributed by atoms with Crippen molar-refractivity contribution in [3.05, 3.63) is 29.3 Å². The molecule has 130 valence electrons. The number of carbonyl (C=O) groups excluding carboxylic acids is 1. The Labute approximate surface area is 148 Å². The zero-order valence-electron chi connectivity index (χ0n) is 12.8. The van der Waals surface area contributed by atoms with Crippen LogP contribution in [0, 0.1) is 5.92 Å². The van der Waals surface area contributed by atoms with Crippen molar-refractivity contribution < 1.29 is 13.2 Å². The summed E-state index contributed by atoms with van der Waals surface area (Å²) in [7, 11) is -3.57. The van der Waals surface area contributed by atoms with Crippen molar-refractivity contribution >= 4 is 39.9 Å². The monoisotopic (exact) mass is 381 g/mol. The number of halogens is 2. The zero-order chi connectivity index (χ0) is 16.3. The molecule has 2 N–H and O–H groups in total. The Morgan fingerprint density at radius 3 is 2.43 bits per heavy atom. The van der Waals surface area contributed by atoms with E-state index in [-0.39, 0.29) is 42.2 Å². The van der Waals surface area contributed by atoms with E-state index in [4.69, 9.17) is 17.3 Å². The number of sulfonamides is 1. The number of nitrogens with two attached hydrogens (primary N) is 1. The van der Waals surface area contributed by atoms with Gasteiger partial charge in [-0.1, -0.05) is 24.6 Å². The molecule has 1 aromatic rings. The van der Waals surface area contributed by atoms with Gasteiger partial charge in [0.25, 0.3) is 0 Å². The molecule has 1 amide bonds. The second-order valence-corrected chi connectivity index (χ2v) is 7.70. The smallest absolute Gasteiger partial charge is 0.243 e. The fraction of sp³-hybridized carbons (Fsp3) is 0.500. The van der Waals surface area contributed by atoms with E-state index in [2.05, 4.69) is 0 Å². The maximum atomic E-state index is 12.5. The molecule has 23 heavy (non-hydrogen) atoms. The van der Waals surface area contributed by atoms with Crippen molar-refractivity contribution in [1.82, 2.24) is 9.21 Å². The maximum absolute atomic E-state index is 12.5. The normalized spacial score (nSPS) is 17.4. The van der Waals surface area contributed by atoms with E-state index in [9.17, 15) is 13.2 Å². The first-order valence-electron chi connectivity index (χ1n) is 7.11. The number of carbonyl (C=O) groups is 1. The molecule has 6 nitrogen and oxygen atoms in total. The molecule has 0 bridgehead atoms. The van der Waals surface area contributed by atoms with Gasteiger partial charge < -0.3 is 10.6 Å². The van der Waals surface area contributed by atoms with Crippen LogP contribution >= 0.6 is 24.0 Å². The Morgan fingerprint density at radius 2 is 1.91 bits per heavy atom. The van der Waals surface area contributed by atoms with Gasteiger partial charge in [-0.25, -0.2) is 8.42 Å². The summed E-state index contributed by atoms with van der Waals surface area (Å²) in [6, 6.07) is 6.20. The number of benzene rings is 1. The van der Waals surface area contributed by atoms with E-state index in [0.717, 1.165) is 0 Å². The summed E-state index contributed by atoms with van der Waals surface area (Å²) in [5, 5.41) is 0.381. The lowest BCUT2D eigenvalue weighted by atomic mass is 10.1. The Morgan fingerprint density at radius 1 is 1.30 bits per heavy atom. The minimum Gasteiger partial charge on any atom is -0.340 e. The third-order valence-corrected chi connectivity index (χ3v) is 5.89. The molecule has 1 saturated heterocycles. The number of amides is 1. The molecule has 0 saturated carbocycles. The fourth-order valence-corrected chi connectivity index (χ4v) is 4.06. The molecule has 1 aliphatic rings. The number of rotatable bonds is 4. The molecule has 0 radical (unpaired) electrons. The Hall–Kier alpha value is -0.860. The molecule has 1 unspecified atom stereocenters. The van der Waals surface area contributed by atoms with E-state index in [1.54, 1.807) is 24.0 Å². The van der Waals surface area contributed by atoms with E-state index in [1.807, 2.05) is 0 Å². The molecule has 1 fully saturated rings. The van der Waals surface area contributed by atoms with E-state index in [0.29, 0.717) is 24.7 Å². The fourth-order valence-electron chi connectivity index (χ4n) is 2.34. The van der Waals surface area contributed by atoms with Crippen LogP contribution in [0.4, 0.5) is 0 Å². The quantitative estimate of drug-likeness (QED) is 0.848. The lowest BCUT2D eigenvalue weighted by Crippen LogP contribution is -2.52. The van der Waals surface area contributed by atoms with Gasteiger partial charge in [-0.05, 0) is 18.2 Å². The molecular weight excluding hydrogens is 361 g/mol. The van der Waals surface area contributed by atoms with E-state index >= 15 is 0 Å². The third-order valence-electron chi connectivity index (χ3n) is 3.76. The molecule has 1 aliphatic heterocycles. The second kappa shape index (κ2) is 8.30. The average Bonchev–Trinajstić information content (AvgIpc) is 2.53. The highest BCUT2D eigenvalue weighted by Gasteiger charge is 2.31. The highest BCUT2D eigenvalue weighted by Crippen LogP contribution is 2.21. The minimum atomic E-state index is -3.57. The molecule has 2 rings (SSSR count). The standard InChI is InChI=1S/C14H20ClN3O3S.ClH/c1-11(10-16)14(19)17-5-7-18(8-6-17)22(20,21)13-4-2-3-12(15)9-13;/h2-4,9,11H,5-8,10,16H2,1H3;1H. The van der Waals surface area contributed by atoms with Crippen LogP contribution in [0.1, 0.15) is 6.92 Å². The van der Waals surface area contributed by atoms with E-state index < -0.39 is 10.0 Å². The first kappa shape index (κ1) is 20.2. The van der Waals surface area contributed by atoms with Crippen molar-refractivity contribution in [2.45, 2.75) is 11.8 Å². The highest BCUT2D eigenvalue weighted by atomic mass is 35.5. The molecule has 0 aromatic heterocycles. The number of hydrogen-bond donors (Lipinski definition) is 1. The molecule has 0 aliphatic carbocycles. The van der Waals surface area contributed by atoms with Crippen LogP contribution in [0.25, 0.3) is 0 Å². The first-order valence-corrected chi connectivity index (χ1v) is 8.92. The van der Waals surface area contributed by atoms with Crippen LogP contribution < -0.4 is 5.73 Å². The minimum absolute atomic E-state index is 0. The molecule has 1 atom stereocenters. The lowest BCUT2D eigenvalue weighted by Gasteiger charge is -2.35. The summed E-state index contributed by atoms with van der Waals surface area (Å²) in [6.45, 7) is 3.37. The van der Waals surface area contributed by atoms with Crippen LogP contribution in [0.5, 0.6) is 0 Å². The van der Waals surface area contributed by atoms with Gasteiger partial charge in [-0.2, -0.15) is 4.31 Å². The van der Waals surface area contributed by atoms with Crippen LogP contribution in [0.2, 0.25) is 5.02 Å². The summed E-state index contributed by atoms with van der Waals surface area (Å²) in [6.07, 6.45) is 0. The summed E-state index contributed by atoms with van der Waals surface area (Å²) in [5.74, 6) is -0.265. The molecule has 9 heteroatoms. The van der Waals surface area contributed by atoms with Crippen LogP contribution in [-0.2, 0) is 14.8 Å². The van der Waals surface area contributed by atoms with Crippen LogP contribution in [0.15, 0.2) is 29.2 Å². The van der Waals surface area contributed by atoms with Crippen LogP contribution in [-0.4, -0.2) is 56.3 Å². The number of nitrogens with zero attached hydrogens (tertiary/aromatic N) is 2. The van der Waals surface area contributed by atoms with Crippen molar-refractivity contribution in [2.75, 3.05) is 32.7 Å². The second-order valence-electron chi connectivity index (χ2n) is 5.32. The Kier molecular flexibility index (Phi) is 7.29. The van der Waals surface area contributed by atoms with Gasteiger partial charge in [0.2, 0.25) is 15.9 Å². The van der Waals surface area contributed by atoms with Gasteiger partial charge in [0.15, 0.2) is 0 Å². The van der Waals surface area contributed by atoms with Gasteiger partial charge in [-0.15, -0.1) is 12.4 Å². The Balaban J connectivity index is 0.00000264.